The molecule has 0 aliphatic heterocycles. The first-order valence-corrected chi connectivity index (χ1v) is 10.9. The summed E-state index contributed by atoms with van der Waals surface area (Å²) in [6, 6.07) is 10.7. The SMILES string of the molecule is Cc1ccc(NC(=O)C2(c3ccccc3C(C)C)CC(S(N)=O)C2)c(OC(F)F)n1. The average Bonchev–Trinajstić information content (AvgIpc) is 2.62. The fraction of sp³-hybridized carbons (Fsp3) is 0.429. The van der Waals surface area contributed by atoms with Gasteiger partial charge in [-0.25, -0.2) is 9.19 Å². The van der Waals surface area contributed by atoms with Crippen LogP contribution in [0.5, 0.6) is 5.88 Å². The Labute approximate surface area is 176 Å². The molecule has 1 amide bonds. The number of nitrogens with two attached hydrogens (primary N) is 1. The molecule has 1 fully saturated rings. The van der Waals surface area contributed by atoms with E-state index in [-0.39, 0.29) is 28.6 Å². The van der Waals surface area contributed by atoms with Crippen LogP contribution >= 0.6 is 0 Å². The molecule has 30 heavy (non-hydrogen) atoms. The van der Waals surface area contributed by atoms with Crippen LogP contribution in [0.4, 0.5) is 14.5 Å². The van der Waals surface area contributed by atoms with Crippen molar-refractivity contribution >= 4 is 22.6 Å². The summed E-state index contributed by atoms with van der Waals surface area (Å²) >= 11 is 0. The molecule has 9 heteroatoms. The van der Waals surface area contributed by atoms with Crippen LogP contribution in [-0.2, 0) is 21.2 Å². The van der Waals surface area contributed by atoms with Crippen LogP contribution in [-0.4, -0.2) is 27.0 Å². The maximum Gasteiger partial charge on any atom is 0.388 e. The lowest BCUT2D eigenvalue weighted by Gasteiger charge is -2.46. The van der Waals surface area contributed by atoms with Crippen LogP contribution in [0.25, 0.3) is 0 Å². The van der Waals surface area contributed by atoms with Crippen molar-refractivity contribution in [2.45, 2.75) is 56.8 Å². The zero-order valence-electron chi connectivity index (χ0n) is 17.0. The highest BCUT2D eigenvalue weighted by atomic mass is 32.2. The van der Waals surface area contributed by atoms with Gasteiger partial charge in [-0.15, -0.1) is 0 Å². The van der Waals surface area contributed by atoms with Gasteiger partial charge < -0.3 is 10.1 Å². The standard InChI is InChI=1S/C21H25F2N3O3S/c1-12(2)15-6-4-5-7-16(15)21(10-14(11-21)30(24)28)19(27)26-17-9-8-13(3)25-18(17)29-20(22)23/h4-9,12,14,20H,10-11,24H2,1-3H3,(H,26,27). The predicted molar refractivity (Wildman–Crippen MR) is 112 cm³/mol. The quantitative estimate of drug-likeness (QED) is 0.689. The Balaban J connectivity index is 1.99. The molecule has 2 aromatic rings. The molecule has 1 aromatic carbocycles. The zero-order valence-corrected chi connectivity index (χ0v) is 17.8. The molecule has 6 nitrogen and oxygen atoms in total. The van der Waals surface area contributed by atoms with Crippen LogP contribution < -0.4 is 15.2 Å². The molecule has 3 N–H and O–H groups in total. The molecule has 1 aliphatic rings. The van der Waals surface area contributed by atoms with Crippen molar-refractivity contribution in [1.29, 1.82) is 0 Å². The van der Waals surface area contributed by atoms with Crippen LogP contribution in [0.3, 0.4) is 0 Å². The van der Waals surface area contributed by atoms with Gasteiger partial charge in [-0.05, 0) is 48.9 Å². The molecule has 0 spiro atoms. The van der Waals surface area contributed by atoms with Gasteiger partial charge in [0.15, 0.2) is 0 Å². The van der Waals surface area contributed by atoms with E-state index in [0.717, 1.165) is 11.1 Å². The fourth-order valence-electron chi connectivity index (χ4n) is 3.89. The van der Waals surface area contributed by atoms with Gasteiger partial charge in [-0.1, -0.05) is 38.1 Å². The summed E-state index contributed by atoms with van der Waals surface area (Å²) < 4.78 is 41.9. The maximum atomic E-state index is 13.5. The van der Waals surface area contributed by atoms with Gasteiger partial charge >= 0.3 is 6.61 Å². The summed E-state index contributed by atoms with van der Waals surface area (Å²) in [5.41, 5.74) is 1.40. The smallest absolute Gasteiger partial charge is 0.388 e. The number of pyridine rings is 1. The van der Waals surface area contributed by atoms with E-state index in [9.17, 15) is 17.8 Å². The number of benzene rings is 1. The van der Waals surface area contributed by atoms with Gasteiger partial charge in [0, 0.05) is 5.69 Å². The molecule has 0 bridgehead atoms. The number of amides is 1. The molecule has 162 valence electrons. The summed E-state index contributed by atoms with van der Waals surface area (Å²) in [6.45, 7) is 2.62. The van der Waals surface area contributed by atoms with Crippen molar-refractivity contribution < 1.29 is 22.5 Å². The Morgan fingerprint density at radius 2 is 1.93 bits per heavy atom. The highest BCUT2D eigenvalue weighted by molar-refractivity contribution is 7.83. The van der Waals surface area contributed by atoms with E-state index in [4.69, 9.17) is 5.14 Å². The van der Waals surface area contributed by atoms with Gasteiger partial charge in [0.1, 0.15) is 5.69 Å². The Morgan fingerprint density at radius 3 is 2.53 bits per heavy atom. The molecule has 1 heterocycles. The fourth-order valence-corrected chi connectivity index (χ4v) is 4.79. The topological polar surface area (TPSA) is 94.3 Å². The second-order valence-electron chi connectivity index (χ2n) is 7.82. The minimum Gasteiger partial charge on any atom is -0.415 e. The number of halogens is 2. The van der Waals surface area contributed by atoms with Crippen LogP contribution in [0, 0.1) is 6.92 Å². The molecule has 1 aliphatic carbocycles. The molecule has 1 atom stereocenters. The number of aryl methyl sites for hydroxylation is 1. The Kier molecular flexibility index (Phi) is 6.52. The maximum absolute atomic E-state index is 13.5. The summed E-state index contributed by atoms with van der Waals surface area (Å²) in [6.07, 6.45) is 0.603. The lowest BCUT2D eigenvalue weighted by Crippen LogP contribution is -2.55. The number of anilines is 1. The first-order valence-electron chi connectivity index (χ1n) is 9.62. The molecular weight excluding hydrogens is 412 g/mol. The van der Waals surface area contributed by atoms with Gasteiger partial charge in [-0.3, -0.25) is 9.93 Å². The van der Waals surface area contributed by atoms with Crippen molar-refractivity contribution in [3.63, 3.8) is 0 Å². The third-order valence-corrected chi connectivity index (χ3v) is 6.45. The normalized spacial score (nSPS) is 21.9. The number of carbonyl (C=O) groups is 1. The molecule has 1 unspecified atom stereocenters. The third-order valence-electron chi connectivity index (χ3n) is 5.46. The number of carbonyl (C=O) groups excluding carboxylic acids is 1. The summed E-state index contributed by atoms with van der Waals surface area (Å²) in [5.74, 6) is -0.571. The third kappa shape index (κ3) is 4.37. The molecule has 1 saturated carbocycles. The van der Waals surface area contributed by atoms with E-state index in [1.54, 1.807) is 13.0 Å². The van der Waals surface area contributed by atoms with E-state index >= 15 is 0 Å². The number of ether oxygens (including phenoxy) is 1. The number of hydrogen-bond donors (Lipinski definition) is 2. The van der Waals surface area contributed by atoms with Crippen molar-refractivity contribution in [2.24, 2.45) is 5.14 Å². The van der Waals surface area contributed by atoms with Gasteiger partial charge in [0.2, 0.25) is 11.8 Å². The highest BCUT2D eigenvalue weighted by Gasteiger charge is 2.54. The number of alkyl halides is 2. The number of nitrogens with one attached hydrogen (secondary N) is 1. The second kappa shape index (κ2) is 8.77. The molecule has 0 radical (unpaired) electrons. The molecule has 0 saturated heterocycles. The van der Waals surface area contributed by atoms with E-state index in [2.05, 4.69) is 15.0 Å². The van der Waals surface area contributed by atoms with Crippen LogP contribution in [0.1, 0.15) is 49.4 Å². The number of hydrogen-bond acceptors (Lipinski definition) is 4. The Bertz CT molecular complexity index is 962. The summed E-state index contributed by atoms with van der Waals surface area (Å²) in [7, 11) is -1.56. The van der Waals surface area contributed by atoms with Crippen molar-refractivity contribution in [1.82, 2.24) is 4.98 Å². The van der Waals surface area contributed by atoms with Crippen molar-refractivity contribution in [3.05, 3.63) is 53.2 Å². The zero-order chi connectivity index (χ0) is 22.1. The Hall–Kier alpha value is -2.39. The molecular formula is C21H25F2N3O3S. The lowest BCUT2D eigenvalue weighted by molar-refractivity contribution is -0.124. The van der Waals surface area contributed by atoms with Gasteiger partial charge in [0.25, 0.3) is 0 Å². The van der Waals surface area contributed by atoms with E-state index in [0.29, 0.717) is 18.5 Å². The molecule has 3 rings (SSSR count). The first-order chi connectivity index (χ1) is 14.1. The summed E-state index contributed by atoms with van der Waals surface area (Å²) in [4.78, 5) is 17.4. The Morgan fingerprint density at radius 1 is 1.27 bits per heavy atom. The van der Waals surface area contributed by atoms with Crippen molar-refractivity contribution in [3.8, 4) is 5.88 Å². The number of aromatic nitrogens is 1. The average molecular weight is 438 g/mol. The largest absolute Gasteiger partial charge is 0.415 e. The number of rotatable bonds is 7. The van der Waals surface area contributed by atoms with Gasteiger partial charge in [-0.2, -0.15) is 8.78 Å². The van der Waals surface area contributed by atoms with E-state index in [1.807, 2.05) is 38.1 Å². The first kappa shape index (κ1) is 22.3. The monoisotopic (exact) mass is 437 g/mol. The van der Waals surface area contributed by atoms with Crippen LogP contribution in [0.2, 0.25) is 0 Å². The number of nitrogens with zero attached hydrogens (tertiary/aromatic N) is 1. The van der Waals surface area contributed by atoms with Crippen molar-refractivity contribution in [2.75, 3.05) is 5.32 Å². The lowest BCUT2D eigenvalue weighted by atomic mass is 9.61. The van der Waals surface area contributed by atoms with Gasteiger partial charge in [0.05, 0.1) is 21.7 Å². The minimum atomic E-state index is -3.07. The second-order valence-corrected chi connectivity index (χ2v) is 9.14. The van der Waals surface area contributed by atoms with E-state index < -0.39 is 23.0 Å². The minimum absolute atomic E-state index is 0.0598. The highest BCUT2D eigenvalue weighted by Crippen LogP contribution is 2.49. The van der Waals surface area contributed by atoms with E-state index in [1.165, 1.54) is 6.07 Å². The molecule has 1 aromatic heterocycles. The van der Waals surface area contributed by atoms with Crippen LogP contribution in [0.15, 0.2) is 36.4 Å². The predicted octanol–water partition coefficient (Wildman–Crippen LogP) is 3.78. The summed E-state index contributed by atoms with van der Waals surface area (Å²) in [5, 5.41) is 7.96.